The highest BCUT2D eigenvalue weighted by Crippen LogP contribution is 2.23. The Kier molecular flexibility index (Phi) is 4.49. The van der Waals surface area contributed by atoms with Crippen LogP contribution >= 0.6 is 0 Å². The van der Waals surface area contributed by atoms with Crippen molar-refractivity contribution in [1.29, 1.82) is 0 Å². The van der Waals surface area contributed by atoms with E-state index in [1.165, 1.54) is 12.1 Å². The van der Waals surface area contributed by atoms with Crippen LogP contribution in [0.15, 0.2) is 42.5 Å². The quantitative estimate of drug-likeness (QED) is 0.677. The average Bonchev–Trinajstić information content (AvgIpc) is 2.46. The second kappa shape index (κ2) is 6.32. The van der Waals surface area contributed by atoms with Gasteiger partial charge in [-0.05, 0) is 24.6 Å². The highest BCUT2D eigenvalue weighted by atomic mass is 19.1. The molecule has 0 spiro atoms. The molecule has 2 rings (SSSR count). The number of nitro groups is 1. The average molecular weight is 291 g/mol. The summed E-state index contributed by atoms with van der Waals surface area (Å²) >= 11 is 0. The predicted octanol–water partition coefficient (Wildman–Crippen LogP) is 3.37. The van der Waals surface area contributed by atoms with Gasteiger partial charge in [0.05, 0.1) is 11.0 Å². The number of ether oxygens (including phenoxy) is 1. The van der Waals surface area contributed by atoms with E-state index in [2.05, 4.69) is 0 Å². The molecule has 110 valence electrons. The van der Waals surface area contributed by atoms with Gasteiger partial charge in [0.1, 0.15) is 12.4 Å². The van der Waals surface area contributed by atoms with Gasteiger partial charge in [0.25, 0.3) is 0 Å². The fraction of sp³-hybridized carbons (Fsp3) is 0.200. The topological polar surface area (TPSA) is 72.6 Å². The zero-order valence-corrected chi connectivity index (χ0v) is 11.3. The monoisotopic (exact) mass is 291 g/mol. The number of aliphatic hydroxyl groups is 1. The lowest BCUT2D eigenvalue weighted by molar-refractivity contribution is -0.387. The summed E-state index contributed by atoms with van der Waals surface area (Å²) in [5.41, 5.74) is 0.201. The molecule has 0 saturated heterocycles. The Balaban J connectivity index is 2.15. The zero-order chi connectivity index (χ0) is 15.4. The first kappa shape index (κ1) is 14.9. The molecule has 2 aromatic carbocycles. The molecule has 1 unspecified atom stereocenters. The fourth-order valence-electron chi connectivity index (χ4n) is 1.84. The molecular formula is C15H14FNO4. The molecular weight excluding hydrogens is 277 g/mol. The van der Waals surface area contributed by atoms with Crippen LogP contribution in [0.5, 0.6) is 5.75 Å². The minimum Gasteiger partial charge on any atom is -0.489 e. The summed E-state index contributed by atoms with van der Waals surface area (Å²) in [4.78, 5) is 9.89. The largest absolute Gasteiger partial charge is 0.489 e. The van der Waals surface area contributed by atoms with Crippen molar-refractivity contribution in [3.05, 3.63) is 69.5 Å². The summed E-state index contributed by atoms with van der Waals surface area (Å²) in [6, 6.07) is 10.7. The maximum absolute atomic E-state index is 13.9. The van der Waals surface area contributed by atoms with Crippen molar-refractivity contribution in [2.75, 3.05) is 0 Å². The van der Waals surface area contributed by atoms with Crippen LogP contribution in [0.4, 0.5) is 10.1 Å². The van der Waals surface area contributed by atoms with Crippen LogP contribution < -0.4 is 4.74 Å². The maximum Gasteiger partial charge on any atom is 0.305 e. The lowest BCUT2D eigenvalue weighted by atomic mass is 10.1. The molecule has 0 bridgehead atoms. The number of rotatable bonds is 5. The number of hydrogen-bond donors (Lipinski definition) is 1. The van der Waals surface area contributed by atoms with Gasteiger partial charge in [-0.3, -0.25) is 10.1 Å². The van der Waals surface area contributed by atoms with Crippen LogP contribution in [-0.4, -0.2) is 10.0 Å². The first-order valence-corrected chi connectivity index (χ1v) is 6.31. The van der Waals surface area contributed by atoms with Gasteiger partial charge in [-0.1, -0.05) is 24.3 Å². The molecule has 5 nitrogen and oxygen atoms in total. The van der Waals surface area contributed by atoms with Crippen LogP contribution in [0.25, 0.3) is 0 Å². The van der Waals surface area contributed by atoms with Crippen molar-refractivity contribution in [1.82, 2.24) is 0 Å². The van der Waals surface area contributed by atoms with Gasteiger partial charge in [0, 0.05) is 11.6 Å². The molecule has 0 radical (unpaired) electrons. The maximum atomic E-state index is 13.9. The van der Waals surface area contributed by atoms with E-state index in [1.54, 1.807) is 31.2 Å². The minimum atomic E-state index is -0.894. The molecule has 0 saturated carbocycles. The molecule has 0 amide bonds. The summed E-state index contributed by atoms with van der Waals surface area (Å²) in [5.74, 6) is -0.437. The van der Waals surface area contributed by atoms with Crippen molar-refractivity contribution in [3.63, 3.8) is 0 Å². The van der Waals surface area contributed by atoms with Crippen LogP contribution in [-0.2, 0) is 6.61 Å². The third-order valence-corrected chi connectivity index (χ3v) is 2.99. The van der Waals surface area contributed by atoms with E-state index in [0.717, 1.165) is 6.07 Å². The van der Waals surface area contributed by atoms with Crippen molar-refractivity contribution in [3.8, 4) is 5.75 Å². The molecule has 0 heterocycles. The standard InChI is InChI=1S/C15H14FNO4/c1-10(18)11-4-2-6-13(8-11)21-9-12-5-3-7-14(15(12)16)17(19)20/h2-8,10,18H,9H2,1H3. The van der Waals surface area contributed by atoms with Crippen molar-refractivity contribution in [2.24, 2.45) is 0 Å². The van der Waals surface area contributed by atoms with Crippen LogP contribution in [0.1, 0.15) is 24.2 Å². The van der Waals surface area contributed by atoms with E-state index < -0.39 is 22.5 Å². The van der Waals surface area contributed by atoms with Crippen molar-refractivity contribution in [2.45, 2.75) is 19.6 Å². The predicted molar refractivity (Wildman–Crippen MR) is 74.5 cm³/mol. The molecule has 0 fully saturated rings. The second-order valence-corrected chi connectivity index (χ2v) is 4.54. The molecule has 0 aliphatic carbocycles. The summed E-state index contributed by atoms with van der Waals surface area (Å²) < 4.78 is 19.3. The molecule has 0 aromatic heterocycles. The first-order valence-electron chi connectivity index (χ1n) is 6.31. The van der Waals surface area contributed by atoms with Gasteiger partial charge >= 0.3 is 5.69 Å². The molecule has 0 aliphatic rings. The Morgan fingerprint density at radius 2 is 2.05 bits per heavy atom. The van der Waals surface area contributed by atoms with Crippen LogP contribution in [0.2, 0.25) is 0 Å². The number of halogens is 1. The number of hydrogen-bond acceptors (Lipinski definition) is 4. The SMILES string of the molecule is CC(O)c1cccc(OCc2cccc([N+](=O)[O-])c2F)c1. The van der Waals surface area contributed by atoms with E-state index >= 15 is 0 Å². The third-order valence-electron chi connectivity index (χ3n) is 2.99. The molecule has 1 N–H and O–H groups in total. The summed E-state index contributed by atoms with van der Waals surface area (Å²) in [5, 5.41) is 20.1. The molecule has 6 heteroatoms. The Morgan fingerprint density at radius 1 is 1.33 bits per heavy atom. The highest BCUT2D eigenvalue weighted by molar-refractivity contribution is 5.37. The van der Waals surface area contributed by atoms with E-state index in [-0.39, 0.29) is 12.2 Å². The van der Waals surface area contributed by atoms with Crippen LogP contribution in [0, 0.1) is 15.9 Å². The van der Waals surface area contributed by atoms with E-state index in [0.29, 0.717) is 11.3 Å². The molecule has 21 heavy (non-hydrogen) atoms. The lowest BCUT2D eigenvalue weighted by Crippen LogP contribution is -2.02. The van der Waals surface area contributed by atoms with Crippen LogP contribution in [0.3, 0.4) is 0 Å². The minimum absolute atomic E-state index is 0.103. The molecule has 0 aliphatic heterocycles. The first-order chi connectivity index (χ1) is 9.99. The van der Waals surface area contributed by atoms with Gasteiger partial charge < -0.3 is 9.84 Å². The smallest absolute Gasteiger partial charge is 0.305 e. The Bertz CT molecular complexity index is 658. The Hall–Kier alpha value is -2.47. The molecule has 2 aromatic rings. The lowest BCUT2D eigenvalue weighted by Gasteiger charge is -2.10. The van der Waals surface area contributed by atoms with E-state index in [9.17, 15) is 19.6 Å². The Labute approximate surface area is 120 Å². The zero-order valence-electron chi connectivity index (χ0n) is 11.3. The van der Waals surface area contributed by atoms with Gasteiger partial charge in [-0.15, -0.1) is 0 Å². The number of aliphatic hydroxyl groups excluding tert-OH is 1. The number of nitrogens with zero attached hydrogens (tertiary/aromatic N) is 1. The summed E-state index contributed by atoms with van der Waals surface area (Å²) in [6.07, 6.45) is -0.636. The summed E-state index contributed by atoms with van der Waals surface area (Å²) in [6.45, 7) is 1.50. The van der Waals surface area contributed by atoms with Gasteiger partial charge in [0.15, 0.2) is 0 Å². The van der Waals surface area contributed by atoms with Crippen molar-refractivity contribution < 1.29 is 19.2 Å². The third kappa shape index (κ3) is 3.55. The van der Waals surface area contributed by atoms with Gasteiger partial charge in [-0.2, -0.15) is 4.39 Å². The normalized spacial score (nSPS) is 12.0. The van der Waals surface area contributed by atoms with Gasteiger partial charge in [-0.25, -0.2) is 0 Å². The number of benzene rings is 2. The second-order valence-electron chi connectivity index (χ2n) is 4.54. The number of nitro benzene ring substituents is 1. The van der Waals surface area contributed by atoms with E-state index in [4.69, 9.17) is 4.74 Å². The molecule has 1 atom stereocenters. The van der Waals surface area contributed by atoms with E-state index in [1.807, 2.05) is 0 Å². The fourth-order valence-corrected chi connectivity index (χ4v) is 1.84. The summed E-state index contributed by atoms with van der Waals surface area (Å²) in [7, 11) is 0. The highest BCUT2D eigenvalue weighted by Gasteiger charge is 2.17. The van der Waals surface area contributed by atoms with Crippen molar-refractivity contribution >= 4 is 5.69 Å². The Morgan fingerprint density at radius 3 is 2.71 bits per heavy atom. The van der Waals surface area contributed by atoms with Gasteiger partial charge in [0.2, 0.25) is 5.82 Å².